The third-order valence-electron chi connectivity index (χ3n) is 2.05. The van der Waals surface area contributed by atoms with Gasteiger partial charge in [0.15, 0.2) is 0 Å². The van der Waals surface area contributed by atoms with Gasteiger partial charge in [0.1, 0.15) is 6.07 Å². The molecule has 1 amide bonds. The normalized spacial score (nSPS) is 9.38. The van der Waals surface area contributed by atoms with E-state index in [0.717, 1.165) is 4.47 Å². The fourth-order valence-corrected chi connectivity index (χ4v) is 1.57. The van der Waals surface area contributed by atoms with Gasteiger partial charge in [-0.2, -0.15) is 5.26 Å². The number of nitriles is 1. The number of carbonyl (C=O) groups is 1. The summed E-state index contributed by atoms with van der Waals surface area (Å²) in [4.78, 5) is 12.9. The second-order valence-corrected chi connectivity index (χ2v) is 4.27. The molecule has 0 unspecified atom stereocenters. The second kappa shape index (κ2) is 5.52. The van der Waals surface area contributed by atoms with Gasteiger partial charge in [0.2, 0.25) is 5.91 Å². The zero-order chi connectivity index (χ0) is 12.1. The van der Waals surface area contributed by atoms with Crippen LogP contribution in [0.3, 0.4) is 0 Å². The molecule has 0 spiro atoms. The molecule has 4 nitrogen and oxygen atoms in total. The molecule has 0 radical (unpaired) electrons. The number of rotatable bonds is 3. The highest BCUT2D eigenvalue weighted by Crippen LogP contribution is 2.23. The maximum absolute atomic E-state index is 11.4. The van der Waals surface area contributed by atoms with Crippen LogP contribution in [0.25, 0.3) is 0 Å². The van der Waals surface area contributed by atoms with Crippen LogP contribution in [0.2, 0.25) is 0 Å². The molecule has 0 atom stereocenters. The first-order valence-electron chi connectivity index (χ1n) is 4.69. The minimum absolute atomic E-state index is 0.0381. The van der Waals surface area contributed by atoms with Gasteiger partial charge >= 0.3 is 0 Å². The Balaban J connectivity index is 2.79. The Labute approximate surface area is 103 Å². The molecule has 0 saturated carbocycles. The van der Waals surface area contributed by atoms with Crippen molar-refractivity contribution in [3.05, 3.63) is 28.2 Å². The van der Waals surface area contributed by atoms with Crippen LogP contribution < -0.4 is 5.32 Å². The first-order chi connectivity index (χ1) is 7.56. The van der Waals surface area contributed by atoms with Crippen molar-refractivity contribution in [3.8, 4) is 6.07 Å². The fraction of sp³-hybridized carbons (Fsp3) is 0.273. The summed E-state index contributed by atoms with van der Waals surface area (Å²) in [7, 11) is 3.38. The van der Waals surface area contributed by atoms with Crippen LogP contribution >= 0.6 is 15.9 Å². The summed E-state index contributed by atoms with van der Waals surface area (Å²) in [6, 6.07) is 7.45. The Morgan fingerprint density at radius 2 is 2.25 bits per heavy atom. The SMILES string of the molecule is CN(C)C(=O)CNc1cccc(Br)c1C#N. The largest absolute Gasteiger partial charge is 0.375 e. The summed E-state index contributed by atoms with van der Waals surface area (Å²) in [5.74, 6) is -0.0381. The summed E-state index contributed by atoms with van der Waals surface area (Å²) in [5, 5.41) is 11.9. The Kier molecular flexibility index (Phi) is 4.32. The molecule has 84 valence electrons. The number of carbonyl (C=O) groups excluding carboxylic acids is 1. The predicted molar refractivity (Wildman–Crippen MR) is 66.0 cm³/mol. The highest BCUT2D eigenvalue weighted by molar-refractivity contribution is 9.10. The Morgan fingerprint density at radius 3 is 2.81 bits per heavy atom. The molecule has 0 fully saturated rings. The minimum atomic E-state index is -0.0381. The molecule has 1 aromatic carbocycles. The summed E-state index contributed by atoms with van der Waals surface area (Å²) >= 11 is 3.29. The van der Waals surface area contributed by atoms with Crippen LogP contribution in [-0.4, -0.2) is 31.4 Å². The molecule has 1 rings (SSSR count). The smallest absolute Gasteiger partial charge is 0.241 e. The highest BCUT2D eigenvalue weighted by Gasteiger charge is 2.08. The van der Waals surface area contributed by atoms with Gasteiger partial charge in [-0.3, -0.25) is 4.79 Å². The number of benzene rings is 1. The van der Waals surface area contributed by atoms with E-state index in [4.69, 9.17) is 5.26 Å². The van der Waals surface area contributed by atoms with Gasteiger partial charge in [0.25, 0.3) is 0 Å². The van der Waals surface area contributed by atoms with Gasteiger partial charge in [0.05, 0.1) is 17.8 Å². The van der Waals surface area contributed by atoms with Crippen molar-refractivity contribution in [1.29, 1.82) is 5.26 Å². The van der Waals surface area contributed by atoms with Crippen molar-refractivity contribution in [2.24, 2.45) is 0 Å². The first kappa shape index (κ1) is 12.5. The van der Waals surface area contributed by atoms with E-state index in [-0.39, 0.29) is 12.5 Å². The van der Waals surface area contributed by atoms with E-state index in [1.54, 1.807) is 26.2 Å². The zero-order valence-electron chi connectivity index (χ0n) is 9.12. The van der Waals surface area contributed by atoms with Crippen LogP contribution in [0.1, 0.15) is 5.56 Å². The van der Waals surface area contributed by atoms with Gasteiger partial charge in [-0.15, -0.1) is 0 Å². The predicted octanol–water partition coefficient (Wildman–Crippen LogP) is 1.82. The van der Waals surface area contributed by atoms with Gasteiger partial charge < -0.3 is 10.2 Å². The lowest BCUT2D eigenvalue weighted by Gasteiger charge is -2.12. The van der Waals surface area contributed by atoms with Crippen molar-refractivity contribution >= 4 is 27.5 Å². The highest BCUT2D eigenvalue weighted by atomic mass is 79.9. The number of anilines is 1. The van der Waals surface area contributed by atoms with Crippen LogP contribution in [-0.2, 0) is 4.79 Å². The number of hydrogen-bond acceptors (Lipinski definition) is 3. The Bertz CT molecular complexity index is 437. The number of halogens is 1. The summed E-state index contributed by atoms with van der Waals surface area (Å²) < 4.78 is 0.720. The Hall–Kier alpha value is -1.54. The zero-order valence-corrected chi connectivity index (χ0v) is 10.7. The molecule has 16 heavy (non-hydrogen) atoms. The van der Waals surface area contributed by atoms with E-state index < -0.39 is 0 Å². The number of nitrogens with zero attached hydrogens (tertiary/aromatic N) is 2. The van der Waals surface area contributed by atoms with Crippen LogP contribution in [0.4, 0.5) is 5.69 Å². The third kappa shape index (κ3) is 2.97. The number of hydrogen-bond donors (Lipinski definition) is 1. The molecule has 0 bridgehead atoms. The quantitative estimate of drug-likeness (QED) is 0.920. The fourth-order valence-electron chi connectivity index (χ4n) is 1.11. The first-order valence-corrected chi connectivity index (χ1v) is 5.48. The maximum Gasteiger partial charge on any atom is 0.241 e. The monoisotopic (exact) mass is 281 g/mol. The lowest BCUT2D eigenvalue weighted by atomic mass is 10.2. The van der Waals surface area contributed by atoms with Gasteiger partial charge in [0, 0.05) is 18.6 Å². The molecular formula is C11H12BrN3O. The lowest BCUT2D eigenvalue weighted by molar-refractivity contribution is -0.126. The lowest BCUT2D eigenvalue weighted by Crippen LogP contribution is -2.28. The molecule has 0 saturated heterocycles. The van der Waals surface area contributed by atoms with Crippen molar-refractivity contribution in [3.63, 3.8) is 0 Å². The summed E-state index contributed by atoms with van der Waals surface area (Å²) in [5.41, 5.74) is 1.17. The Morgan fingerprint density at radius 1 is 1.56 bits per heavy atom. The average Bonchev–Trinajstić information content (AvgIpc) is 2.25. The average molecular weight is 282 g/mol. The van der Waals surface area contributed by atoms with E-state index >= 15 is 0 Å². The van der Waals surface area contributed by atoms with Crippen molar-refractivity contribution in [1.82, 2.24) is 4.90 Å². The number of nitrogens with one attached hydrogen (secondary N) is 1. The van der Waals surface area contributed by atoms with Crippen LogP contribution in [0, 0.1) is 11.3 Å². The van der Waals surface area contributed by atoms with Gasteiger partial charge in [-0.05, 0) is 28.1 Å². The van der Waals surface area contributed by atoms with Crippen LogP contribution in [0.15, 0.2) is 22.7 Å². The van der Waals surface area contributed by atoms with Gasteiger partial charge in [-0.1, -0.05) is 6.07 Å². The van der Waals surface area contributed by atoms with E-state index in [2.05, 4.69) is 27.3 Å². The van der Waals surface area contributed by atoms with E-state index in [1.807, 2.05) is 6.07 Å². The van der Waals surface area contributed by atoms with Crippen LogP contribution in [0.5, 0.6) is 0 Å². The summed E-state index contributed by atoms with van der Waals surface area (Å²) in [6.45, 7) is 0.179. The molecular weight excluding hydrogens is 270 g/mol. The molecule has 1 N–H and O–H groups in total. The minimum Gasteiger partial charge on any atom is -0.375 e. The number of likely N-dealkylation sites (N-methyl/N-ethyl adjacent to an activating group) is 1. The standard InChI is InChI=1S/C11H12BrN3O/c1-15(2)11(16)7-14-10-5-3-4-9(12)8(10)6-13/h3-5,14H,7H2,1-2H3. The molecule has 0 aliphatic rings. The van der Waals surface area contributed by atoms with E-state index in [9.17, 15) is 4.79 Å². The van der Waals surface area contributed by atoms with Gasteiger partial charge in [-0.25, -0.2) is 0 Å². The van der Waals surface area contributed by atoms with Crippen molar-refractivity contribution < 1.29 is 4.79 Å². The molecule has 5 heteroatoms. The third-order valence-corrected chi connectivity index (χ3v) is 2.72. The molecule has 0 aliphatic heterocycles. The molecule has 0 aliphatic carbocycles. The number of amides is 1. The molecule has 0 aromatic heterocycles. The molecule has 0 heterocycles. The van der Waals surface area contributed by atoms with E-state index in [1.165, 1.54) is 4.90 Å². The molecule has 1 aromatic rings. The summed E-state index contributed by atoms with van der Waals surface area (Å²) in [6.07, 6.45) is 0. The maximum atomic E-state index is 11.4. The second-order valence-electron chi connectivity index (χ2n) is 3.42. The van der Waals surface area contributed by atoms with Crippen molar-refractivity contribution in [2.75, 3.05) is 26.0 Å². The van der Waals surface area contributed by atoms with E-state index in [0.29, 0.717) is 11.3 Å². The van der Waals surface area contributed by atoms with Crippen molar-refractivity contribution in [2.45, 2.75) is 0 Å². The topological polar surface area (TPSA) is 56.1 Å².